The molecule has 0 saturated carbocycles. The van der Waals surface area contributed by atoms with Crippen molar-refractivity contribution >= 4 is 24.8 Å². The van der Waals surface area contributed by atoms with Crippen molar-refractivity contribution < 1.29 is 0 Å². The number of piperidine rings is 1. The minimum absolute atomic E-state index is 0. The molecule has 4 heteroatoms. The van der Waals surface area contributed by atoms with Crippen LogP contribution in [0.2, 0.25) is 0 Å². The second kappa shape index (κ2) is 7.93. The van der Waals surface area contributed by atoms with Crippen LogP contribution in [-0.4, -0.2) is 24.0 Å². The van der Waals surface area contributed by atoms with Gasteiger partial charge in [0.2, 0.25) is 0 Å². The summed E-state index contributed by atoms with van der Waals surface area (Å²) in [4.78, 5) is 2.50. The fourth-order valence-electron chi connectivity index (χ4n) is 2.24. The van der Waals surface area contributed by atoms with Crippen molar-refractivity contribution in [2.24, 2.45) is 11.7 Å². The maximum absolute atomic E-state index is 6.01. The molecule has 1 fully saturated rings. The summed E-state index contributed by atoms with van der Waals surface area (Å²) in [6.07, 6.45) is 1.13. The topological polar surface area (TPSA) is 29.3 Å². The van der Waals surface area contributed by atoms with Gasteiger partial charge in [-0.3, -0.25) is 4.90 Å². The molecule has 1 aliphatic rings. The van der Waals surface area contributed by atoms with Crippen LogP contribution in [0.25, 0.3) is 0 Å². The summed E-state index contributed by atoms with van der Waals surface area (Å²) in [6, 6.07) is 11.1. The Bertz CT molecular complexity index is 306. The molecule has 0 spiro atoms. The van der Waals surface area contributed by atoms with E-state index in [1.54, 1.807) is 0 Å². The highest BCUT2D eigenvalue weighted by Gasteiger charge is 2.22. The first-order valence-electron chi connectivity index (χ1n) is 5.77. The van der Waals surface area contributed by atoms with Crippen LogP contribution in [-0.2, 0) is 6.54 Å². The Balaban J connectivity index is 0.00000128. The van der Waals surface area contributed by atoms with Gasteiger partial charge in [-0.2, -0.15) is 0 Å². The second-order valence-corrected chi connectivity index (χ2v) is 4.65. The van der Waals surface area contributed by atoms with Gasteiger partial charge in [-0.25, -0.2) is 0 Å². The van der Waals surface area contributed by atoms with E-state index in [0.717, 1.165) is 26.1 Å². The standard InChI is InChI=1S/C13H20N2.2ClH/c1-11-9-15(8-7-13(11)14)10-12-5-3-2-4-6-12;;/h2-6,11,13H,7-10,14H2,1H3;2*1H/t11-,13+;;/m0../s1. The van der Waals surface area contributed by atoms with Crippen LogP contribution in [0.4, 0.5) is 0 Å². The highest BCUT2D eigenvalue weighted by atomic mass is 35.5. The average Bonchev–Trinajstić information content (AvgIpc) is 2.25. The molecule has 0 aromatic heterocycles. The third kappa shape index (κ3) is 4.84. The van der Waals surface area contributed by atoms with Crippen molar-refractivity contribution in [3.05, 3.63) is 35.9 Å². The number of halogens is 2. The minimum atomic E-state index is 0. The van der Waals surface area contributed by atoms with Crippen LogP contribution in [0, 0.1) is 5.92 Å². The average molecular weight is 277 g/mol. The zero-order valence-electron chi connectivity index (χ0n) is 10.2. The van der Waals surface area contributed by atoms with Crippen LogP contribution in [0.3, 0.4) is 0 Å². The lowest BCUT2D eigenvalue weighted by Gasteiger charge is -2.35. The third-order valence-electron chi connectivity index (χ3n) is 3.30. The highest BCUT2D eigenvalue weighted by Crippen LogP contribution is 2.16. The van der Waals surface area contributed by atoms with E-state index in [9.17, 15) is 0 Å². The van der Waals surface area contributed by atoms with Gasteiger partial charge in [0.1, 0.15) is 0 Å². The second-order valence-electron chi connectivity index (χ2n) is 4.65. The number of likely N-dealkylation sites (tertiary alicyclic amines) is 1. The van der Waals surface area contributed by atoms with E-state index in [4.69, 9.17) is 5.73 Å². The Hall–Kier alpha value is -0.280. The first kappa shape index (κ1) is 16.7. The molecule has 1 aromatic carbocycles. The number of hydrogen-bond acceptors (Lipinski definition) is 2. The Kier molecular flexibility index (Phi) is 7.80. The molecule has 1 aromatic rings. The zero-order chi connectivity index (χ0) is 10.7. The first-order chi connectivity index (χ1) is 7.25. The van der Waals surface area contributed by atoms with Gasteiger partial charge in [0, 0.05) is 19.1 Å². The predicted octanol–water partition coefficient (Wildman–Crippen LogP) is 2.70. The lowest BCUT2D eigenvalue weighted by Crippen LogP contribution is -2.45. The number of nitrogens with zero attached hydrogens (tertiary/aromatic N) is 1. The summed E-state index contributed by atoms with van der Waals surface area (Å²) in [7, 11) is 0. The number of hydrogen-bond donors (Lipinski definition) is 1. The van der Waals surface area contributed by atoms with Crippen molar-refractivity contribution in [3.63, 3.8) is 0 Å². The van der Waals surface area contributed by atoms with E-state index in [1.165, 1.54) is 5.56 Å². The van der Waals surface area contributed by atoms with E-state index in [-0.39, 0.29) is 24.8 Å². The number of benzene rings is 1. The Morgan fingerprint density at radius 1 is 1.24 bits per heavy atom. The molecule has 17 heavy (non-hydrogen) atoms. The summed E-state index contributed by atoms with van der Waals surface area (Å²) in [5.41, 5.74) is 7.41. The van der Waals surface area contributed by atoms with Crippen molar-refractivity contribution in [2.75, 3.05) is 13.1 Å². The van der Waals surface area contributed by atoms with Crippen molar-refractivity contribution in [2.45, 2.75) is 25.9 Å². The van der Waals surface area contributed by atoms with Crippen molar-refractivity contribution in [3.8, 4) is 0 Å². The van der Waals surface area contributed by atoms with Gasteiger partial charge in [-0.1, -0.05) is 37.3 Å². The summed E-state index contributed by atoms with van der Waals surface area (Å²) < 4.78 is 0. The van der Waals surface area contributed by atoms with Crippen molar-refractivity contribution in [1.29, 1.82) is 0 Å². The van der Waals surface area contributed by atoms with Gasteiger partial charge in [0.05, 0.1) is 0 Å². The van der Waals surface area contributed by atoms with E-state index in [0.29, 0.717) is 12.0 Å². The zero-order valence-corrected chi connectivity index (χ0v) is 11.8. The van der Waals surface area contributed by atoms with Gasteiger partial charge >= 0.3 is 0 Å². The van der Waals surface area contributed by atoms with Gasteiger partial charge in [0.15, 0.2) is 0 Å². The maximum Gasteiger partial charge on any atom is 0.0233 e. The molecule has 1 saturated heterocycles. The minimum Gasteiger partial charge on any atom is -0.327 e. The summed E-state index contributed by atoms with van der Waals surface area (Å²) in [5.74, 6) is 0.627. The summed E-state index contributed by atoms with van der Waals surface area (Å²) in [6.45, 7) is 5.59. The quantitative estimate of drug-likeness (QED) is 0.900. The molecule has 1 heterocycles. The van der Waals surface area contributed by atoms with Crippen LogP contribution in [0.1, 0.15) is 18.9 Å². The molecule has 0 bridgehead atoms. The third-order valence-corrected chi connectivity index (χ3v) is 3.30. The van der Waals surface area contributed by atoms with Crippen molar-refractivity contribution in [1.82, 2.24) is 4.90 Å². The molecule has 0 unspecified atom stereocenters. The molecular weight excluding hydrogens is 255 g/mol. The molecule has 98 valence electrons. The molecule has 0 radical (unpaired) electrons. The highest BCUT2D eigenvalue weighted by molar-refractivity contribution is 5.85. The van der Waals surface area contributed by atoms with Crippen LogP contribution >= 0.6 is 24.8 Å². The monoisotopic (exact) mass is 276 g/mol. The summed E-state index contributed by atoms with van der Waals surface area (Å²) in [5, 5.41) is 0. The van der Waals surface area contributed by atoms with Gasteiger partial charge in [-0.05, 0) is 24.4 Å². The van der Waals surface area contributed by atoms with Crippen LogP contribution in [0.5, 0.6) is 0 Å². The smallest absolute Gasteiger partial charge is 0.0233 e. The molecule has 2 rings (SSSR count). The van der Waals surface area contributed by atoms with E-state index in [1.807, 2.05) is 0 Å². The first-order valence-corrected chi connectivity index (χ1v) is 5.77. The number of nitrogens with two attached hydrogens (primary N) is 1. The lowest BCUT2D eigenvalue weighted by atomic mass is 9.94. The van der Waals surface area contributed by atoms with Crippen LogP contribution in [0.15, 0.2) is 30.3 Å². The molecule has 1 aliphatic heterocycles. The lowest BCUT2D eigenvalue weighted by molar-refractivity contribution is 0.158. The largest absolute Gasteiger partial charge is 0.327 e. The van der Waals surface area contributed by atoms with Gasteiger partial charge in [-0.15, -0.1) is 24.8 Å². The molecule has 0 aliphatic carbocycles. The Labute approximate surface area is 116 Å². The summed E-state index contributed by atoms with van der Waals surface area (Å²) >= 11 is 0. The van der Waals surface area contributed by atoms with Gasteiger partial charge in [0.25, 0.3) is 0 Å². The molecule has 2 N–H and O–H groups in total. The Morgan fingerprint density at radius 2 is 1.88 bits per heavy atom. The fourth-order valence-corrected chi connectivity index (χ4v) is 2.24. The predicted molar refractivity (Wildman–Crippen MR) is 78.0 cm³/mol. The van der Waals surface area contributed by atoms with E-state index < -0.39 is 0 Å². The normalized spacial score (nSPS) is 24.6. The molecule has 2 atom stereocenters. The van der Waals surface area contributed by atoms with E-state index >= 15 is 0 Å². The van der Waals surface area contributed by atoms with Crippen LogP contribution < -0.4 is 5.73 Å². The van der Waals surface area contributed by atoms with E-state index in [2.05, 4.69) is 42.2 Å². The number of rotatable bonds is 2. The molecule has 2 nitrogen and oxygen atoms in total. The SMILES string of the molecule is C[C@H]1CN(Cc2ccccc2)CC[C@H]1N.Cl.Cl. The van der Waals surface area contributed by atoms with Gasteiger partial charge < -0.3 is 5.73 Å². The fraction of sp³-hybridized carbons (Fsp3) is 0.538. The Morgan fingerprint density at radius 3 is 2.47 bits per heavy atom. The maximum atomic E-state index is 6.01. The molecule has 0 amide bonds. The molecular formula is C13H22Cl2N2.